The number of methoxy groups -OCH3 is 1. The van der Waals surface area contributed by atoms with Gasteiger partial charge in [-0.05, 0) is 44.9 Å². The van der Waals surface area contributed by atoms with E-state index in [4.69, 9.17) is 15.2 Å². The van der Waals surface area contributed by atoms with Crippen LogP contribution in [0.1, 0.15) is 38.8 Å². The van der Waals surface area contributed by atoms with Crippen LogP contribution in [0.2, 0.25) is 0 Å². The molecule has 20 heavy (non-hydrogen) atoms. The lowest BCUT2D eigenvalue weighted by Gasteiger charge is -2.26. The summed E-state index contributed by atoms with van der Waals surface area (Å²) < 4.78 is 11.1. The van der Waals surface area contributed by atoms with Crippen molar-refractivity contribution in [2.45, 2.75) is 33.2 Å². The molecular formula is C15H22BrNO3. The van der Waals surface area contributed by atoms with Gasteiger partial charge >= 0.3 is 5.97 Å². The van der Waals surface area contributed by atoms with Gasteiger partial charge < -0.3 is 15.2 Å². The van der Waals surface area contributed by atoms with Crippen LogP contribution in [0.4, 0.5) is 0 Å². The molecule has 0 saturated heterocycles. The molecule has 1 unspecified atom stereocenters. The minimum Gasteiger partial charge on any atom is -0.497 e. The van der Waals surface area contributed by atoms with Crippen LogP contribution in [0.5, 0.6) is 5.75 Å². The SMILES string of the molecule is CCOC(=O)C(C)(C)CC(N)c1ccc(OC)cc1Br. The molecule has 0 aromatic heterocycles. The summed E-state index contributed by atoms with van der Waals surface area (Å²) in [6, 6.07) is 5.38. The van der Waals surface area contributed by atoms with E-state index in [1.165, 1.54) is 0 Å². The Morgan fingerprint density at radius 1 is 1.45 bits per heavy atom. The van der Waals surface area contributed by atoms with E-state index in [0.29, 0.717) is 13.0 Å². The highest BCUT2D eigenvalue weighted by Crippen LogP contribution is 2.34. The highest BCUT2D eigenvalue weighted by molar-refractivity contribution is 9.10. The lowest BCUT2D eigenvalue weighted by Crippen LogP contribution is -2.31. The number of esters is 1. The zero-order chi connectivity index (χ0) is 15.3. The number of hydrogen-bond donors (Lipinski definition) is 1. The summed E-state index contributed by atoms with van der Waals surface area (Å²) in [5, 5.41) is 0. The fraction of sp³-hybridized carbons (Fsp3) is 0.533. The van der Waals surface area contributed by atoms with E-state index in [9.17, 15) is 4.79 Å². The molecule has 0 radical (unpaired) electrons. The summed E-state index contributed by atoms with van der Waals surface area (Å²) in [5.74, 6) is 0.539. The number of ether oxygens (including phenoxy) is 2. The first-order valence-corrected chi connectivity index (χ1v) is 7.37. The van der Waals surface area contributed by atoms with Crippen LogP contribution in [-0.2, 0) is 9.53 Å². The van der Waals surface area contributed by atoms with E-state index in [1.54, 1.807) is 14.0 Å². The molecule has 1 aromatic rings. The number of benzene rings is 1. The molecule has 1 aromatic carbocycles. The number of nitrogens with two attached hydrogens (primary N) is 1. The minimum atomic E-state index is -0.616. The number of carbonyl (C=O) groups is 1. The van der Waals surface area contributed by atoms with E-state index in [2.05, 4.69) is 15.9 Å². The third-order valence-corrected chi connectivity index (χ3v) is 3.85. The number of halogens is 1. The van der Waals surface area contributed by atoms with Crippen molar-refractivity contribution in [1.82, 2.24) is 0 Å². The van der Waals surface area contributed by atoms with E-state index >= 15 is 0 Å². The summed E-state index contributed by atoms with van der Waals surface area (Å²) in [4.78, 5) is 11.9. The van der Waals surface area contributed by atoms with Crippen LogP contribution >= 0.6 is 15.9 Å². The van der Waals surface area contributed by atoms with Crippen molar-refractivity contribution in [3.05, 3.63) is 28.2 Å². The van der Waals surface area contributed by atoms with Crippen molar-refractivity contribution in [3.63, 3.8) is 0 Å². The Balaban J connectivity index is 2.85. The van der Waals surface area contributed by atoms with Crippen molar-refractivity contribution in [2.24, 2.45) is 11.1 Å². The van der Waals surface area contributed by atoms with Crippen LogP contribution in [0.15, 0.2) is 22.7 Å². The van der Waals surface area contributed by atoms with Crippen LogP contribution in [0.25, 0.3) is 0 Å². The molecule has 5 heteroatoms. The van der Waals surface area contributed by atoms with Gasteiger partial charge in [0.25, 0.3) is 0 Å². The summed E-state index contributed by atoms with van der Waals surface area (Å²) in [6.07, 6.45) is 0.511. The maximum absolute atomic E-state index is 11.9. The van der Waals surface area contributed by atoms with Gasteiger partial charge in [-0.15, -0.1) is 0 Å². The van der Waals surface area contributed by atoms with Gasteiger partial charge in [0.15, 0.2) is 0 Å². The maximum Gasteiger partial charge on any atom is 0.311 e. The number of rotatable bonds is 6. The van der Waals surface area contributed by atoms with E-state index < -0.39 is 5.41 Å². The Morgan fingerprint density at radius 3 is 2.60 bits per heavy atom. The average Bonchev–Trinajstić information content (AvgIpc) is 2.38. The van der Waals surface area contributed by atoms with Gasteiger partial charge in [-0.3, -0.25) is 4.79 Å². The second-order valence-corrected chi connectivity index (χ2v) is 6.16. The Labute approximate surface area is 128 Å². The van der Waals surface area contributed by atoms with Gasteiger partial charge in [-0.2, -0.15) is 0 Å². The Bertz CT molecular complexity index is 474. The molecular weight excluding hydrogens is 322 g/mol. The molecule has 0 saturated carbocycles. The van der Waals surface area contributed by atoms with Gasteiger partial charge in [-0.25, -0.2) is 0 Å². The van der Waals surface area contributed by atoms with Crippen LogP contribution in [0.3, 0.4) is 0 Å². The third-order valence-electron chi connectivity index (χ3n) is 3.17. The van der Waals surface area contributed by atoms with Gasteiger partial charge in [-0.1, -0.05) is 22.0 Å². The summed E-state index contributed by atoms with van der Waals surface area (Å²) >= 11 is 3.49. The first-order chi connectivity index (χ1) is 9.31. The third kappa shape index (κ3) is 4.21. The number of carbonyl (C=O) groups excluding carboxylic acids is 1. The molecule has 1 atom stereocenters. The van der Waals surface area contributed by atoms with Crippen molar-refractivity contribution in [3.8, 4) is 5.75 Å². The second-order valence-electron chi connectivity index (χ2n) is 5.30. The summed E-state index contributed by atoms with van der Waals surface area (Å²) in [5.41, 5.74) is 6.56. The quantitative estimate of drug-likeness (QED) is 0.803. The van der Waals surface area contributed by atoms with E-state index in [1.807, 2.05) is 32.0 Å². The Kier molecular flexibility index (Phi) is 6.02. The molecule has 2 N–H and O–H groups in total. The molecule has 0 spiro atoms. The Hall–Kier alpha value is -1.07. The molecule has 0 fully saturated rings. The van der Waals surface area contributed by atoms with E-state index in [0.717, 1.165) is 15.8 Å². The molecule has 0 aliphatic carbocycles. The molecule has 112 valence electrons. The standard InChI is InChI=1S/C15H22BrNO3/c1-5-20-14(18)15(2,3)9-13(17)11-7-6-10(19-4)8-12(11)16/h6-8,13H,5,9,17H2,1-4H3. The van der Waals surface area contributed by atoms with Crippen molar-refractivity contribution in [2.75, 3.05) is 13.7 Å². The molecule has 4 nitrogen and oxygen atoms in total. The minimum absolute atomic E-state index is 0.222. The largest absolute Gasteiger partial charge is 0.497 e. The average molecular weight is 344 g/mol. The number of hydrogen-bond acceptors (Lipinski definition) is 4. The highest BCUT2D eigenvalue weighted by Gasteiger charge is 2.32. The van der Waals surface area contributed by atoms with Crippen molar-refractivity contribution >= 4 is 21.9 Å². The highest BCUT2D eigenvalue weighted by atomic mass is 79.9. The zero-order valence-corrected chi connectivity index (χ0v) is 14.0. The monoisotopic (exact) mass is 343 g/mol. The first-order valence-electron chi connectivity index (χ1n) is 6.58. The smallest absolute Gasteiger partial charge is 0.311 e. The zero-order valence-electron chi connectivity index (χ0n) is 12.4. The lowest BCUT2D eigenvalue weighted by atomic mass is 9.84. The molecule has 1 rings (SSSR count). The van der Waals surface area contributed by atoms with Crippen LogP contribution in [0, 0.1) is 5.41 Å². The van der Waals surface area contributed by atoms with Crippen molar-refractivity contribution < 1.29 is 14.3 Å². The van der Waals surface area contributed by atoms with Gasteiger partial charge in [0, 0.05) is 10.5 Å². The summed E-state index contributed by atoms with van der Waals surface area (Å²) in [6.45, 7) is 5.88. The molecule has 0 bridgehead atoms. The van der Waals surface area contributed by atoms with Gasteiger partial charge in [0.05, 0.1) is 19.1 Å². The van der Waals surface area contributed by atoms with Crippen LogP contribution < -0.4 is 10.5 Å². The van der Waals surface area contributed by atoms with Gasteiger partial charge in [0.1, 0.15) is 5.75 Å². The normalized spacial score (nSPS) is 12.9. The molecule has 0 aliphatic heterocycles. The fourth-order valence-electron chi connectivity index (χ4n) is 2.01. The maximum atomic E-state index is 11.9. The van der Waals surface area contributed by atoms with Crippen molar-refractivity contribution in [1.29, 1.82) is 0 Å². The fourth-order valence-corrected chi connectivity index (χ4v) is 2.66. The van der Waals surface area contributed by atoms with Crippen LogP contribution in [-0.4, -0.2) is 19.7 Å². The van der Waals surface area contributed by atoms with Gasteiger partial charge in [0.2, 0.25) is 0 Å². The predicted molar refractivity (Wildman–Crippen MR) is 82.7 cm³/mol. The molecule has 0 heterocycles. The molecule has 0 aliphatic rings. The predicted octanol–water partition coefficient (Wildman–Crippen LogP) is 3.44. The van der Waals surface area contributed by atoms with E-state index in [-0.39, 0.29) is 12.0 Å². The molecule has 0 amide bonds. The topological polar surface area (TPSA) is 61.5 Å². The Morgan fingerprint density at radius 2 is 2.10 bits per heavy atom. The second kappa shape index (κ2) is 7.09. The lowest BCUT2D eigenvalue weighted by molar-refractivity contribution is -0.154. The summed E-state index contributed by atoms with van der Waals surface area (Å²) in [7, 11) is 1.62. The first kappa shape index (κ1) is 17.0.